The lowest BCUT2D eigenvalue weighted by Gasteiger charge is -2.31. The fraction of sp³-hybridized carbons (Fsp3) is 0.316. The fourth-order valence-corrected chi connectivity index (χ4v) is 4.79. The molecular weight excluding hydrogens is 407 g/mol. The van der Waals surface area contributed by atoms with Crippen molar-refractivity contribution in [2.24, 2.45) is 5.92 Å². The standard InChI is InChI=1S/C19H20ClFN2O4S/c1-27-15-5-7-16(8-6-15)28(25,26)23-10-2-3-13(12-23)19(24)22-14-4-9-18(21)17(20)11-14/h4-9,11,13H,2-3,10,12H2,1H3,(H,22,24)/t13-/m1/s1. The molecule has 1 atom stereocenters. The summed E-state index contributed by atoms with van der Waals surface area (Å²) in [5, 5.41) is 2.59. The van der Waals surface area contributed by atoms with Gasteiger partial charge in [-0.25, -0.2) is 12.8 Å². The molecule has 28 heavy (non-hydrogen) atoms. The monoisotopic (exact) mass is 426 g/mol. The number of halogens is 2. The van der Waals surface area contributed by atoms with E-state index in [1.807, 2.05) is 0 Å². The van der Waals surface area contributed by atoms with Crippen molar-refractivity contribution in [1.82, 2.24) is 4.31 Å². The highest BCUT2D eigenvalue weighted by atomic mass is 35.5. The number of rotatable bonds is 5. The van der Waals surface area contributed by atoms with Crippen molar-refractivity contribution < 1.29 is 22.3 Å². The van der Waals surface area contributed by atoms with Crippen molar-refractivity contribution in [3.05, 3.63) is 53.3 Å². The topological polar surface area (TPSA) is 75.7 Å². The minimum Gasteiger partial charge on any atom is -0.497 e. The number of carbonyl (C=O) groups is 1. The average molecular weight is 427 g/mol. The third-order valence-corrected chi connectivity index (χ3v) is 6.81. The third-order valence-electron chi connectivity index (χ3n) is 4.64. The molecule has 9 heteroatoms. The summed E-state index contributed by atoms with van der Waals surface area (Å²) in [5.74, 6) is -0.843. The lowest BCUT2D eigenvalue weighted by atomic mass is 9.99. The molecule has 2 aromatic rings. The molecule has 0 saturated carbocycles. The van der Waals surface area contributed by atoms with Crippen molar-refractivity contribution in [2.75, 3.05) is 25.5 Å². The molecule has 3 rings (SSSR count). The summed E-state index contributed by atoms with van der Waals surface area (Å²) in [6.45, 7) is 0.426. The maximum Gasteiger partial charge on any atom is 0.243 e. The lowest BCUT2D eigenvalue weighted by molar-refractivity contribution is -0.120. The van der Waals surface area contributed by atoms with Gasteiger partial charge in [0.1, 0.15) is 11.6 Å². The van der Waals surface area contributed by atoms with Crippen molar-refractivity contribution in [1.29, 1.82) is 0 Å². The number of piperidine rings is 1. The van der Waals surface area contributed by atoms with E-state index in [9.17, 15) is 17.6 Å². The quantitative estimate of drug-likeness (QED) is 0.793. The average Bonchev–Trinajstić information content (AvgIpc) is 2.71. The Morgan fingerprint density at radius 1 is 1.25 bits per heavy atom. The molecule has 0 aromatic heterocycles. The molecule has 0 spiro atoms. The Kier molecular flexibility index (Phi) is 6.22. The van der Waals surface area contributed by atoms with Crippen molar-refractivity contribution in [3.8, 4) is 5.75 Å². The minimum atomic E-state index is -3.71. The Bertz CT molecular complexity index is 966. The molecule has 0 unspecified atom stereocenters. The van der Waals surface area contributed by atoms with Crippen LogP contribution in [0.1, 0.15) is 12.8 Å². The number of methoxy groups -OCH3 is 1. The highest BCUT2D eigenvalue weighted by molar-refractivity contribution is 7.89. The number of carbonyl (C=O) groups excluding carboxylic acids is 1. The second-order valence-electron chi connectivity index (χ2n) is 6.50. The first-order chi connectivity index (χ1) is 13.3. The van der Waals surface area contributed by atoms with Gasteiger partial charge in [0, 0.05) is 18.8 Å². The zero-order valence-electron chi connectivity index (χ0n) is 15.2. The van der Waals surface area contributed by atoms with Crippen LogP contribution < -0.4 is 10.1 Å². The van der Waals surface area contributed by atoms with E-state index in [1.54, 1.807) is 12.1 Å². The first-order valence-corrected chi connectivity index (χ1v) is 10.5. The van der Waals surface area contributed by atoms with E-state index in [4.69, 9.17) is 16.3 Å². The molecule has 1 fully saturated rings. The molecule has 1 heterocycles. The van der Waals surface area contributed by atoms with Crippen LogP contribution in [0.5, 0.6) is 5.75 Å². The number of ether oxygens (including phenoxy) is 1. The van der Waals surface area contributed by atoms with Gasteiger partial charge in [0.2, 0.25) is 15.9 Å². The van der Waals surface area contributed by atoms with Crippen LogP contribution in [0.3, 0.4) is 0 Å². The van der Waals surface area contributed by atoms with E-state index in [2.05, 4.69) is 5.32 Å². The molecule has 1 amide bonds. The van der Waals surface area contributed by atoms with Crippen molar-refractivity contribution in [3.63, 3.8) is 0 Å². The van der Waals surface area contributed by atoms with E-state index in [0.29, 0.717) is 30.8 Å². The summed E-state index contributed by atoms with van der Waals surface area (Å²) < 4.78 is 45.4. The lowest BCUT2D eigenvalue weighted by Crippen LogP contribution is -2.43. The van der Waals surface area contributed by atoms with Crippen LogP contribution in [0.2, 0.25) is 5.02 Å². The molecule has 2 aromatic carbocycles. The van der Waals surface area contributed by atoms with Crippen LogP contribution in [0, 0.1) is 11.7 Å². The minimum absolute atomic E-state index is 0.0785. The van der Waals surface area contributed by atoms with Crippen LogP contribution in [0.15, 0.2) is 47.4 Å². The van der Waals surface area contributed by atoms with Gasteiger partial charge < -0.3 is 10.1 Å². The van der Waals surface area contributed by atoms with Crippen LogP contribution in [0.4, 0.5) is 10.1 Å². The molecule has 1 saturated heterocycles. The first kappa shape index (κ1) is 20.6. The molecule has 1 N–H and O–H groups in total. The van der Waals surface area contributed by atoms with Crippen LogP contribution in [-0.4, -0.2) is 38.8 Å². The van der Waals surface area contributed by atoms with Crippen LogP contribution >= 0.6 is 11.6 Å². The zero-order chi connectivity index (χ0) is 20.3. The maximum atomic E-state index is 13.3. The summed E-state index contributed by atoms with van der Waals surface area (Å²) in [5.41, 5.74) is 0.367. The fourth-order valence-electron chi connectivity index (χ4n) is 3.09. The molecular formula is C19H20ClFN2O4S. The molecule has 0 bridgehead atoms. The number of nitrogens with one attached hydrogen (secondary N) is 1. The SMILES string of the molecule is COc1ccc(S(=O)(=O)N2CCC[C@@H](C(=O)Nc3ccc(F)c(Cl)c3)C2)cc1. The molecule has 1 aliphatic heterocycles. The van der Waals surface area contributed by atoms with E-state index in [-0.39, 0.29) is 22.4 Å². The number of anilines is 1. The van der Waals surface area contributed by atoms with Gasteiger partial charge in [-0.05, 0) is 55.3 Å². The third kappa shape index (κ3) is 4.45. The van der Waals surface area contributed by atoms with Crippen molar-refractivity contribution in [2.45, 2.75) is 17.7 Å². The highest BCUT2D eigenvalue weighted by Gasteiger charge is 2.33. The molecule has 6 nitrogen and oxygen atoms in total. The second kappa shape index (κ2) is 8.46. The number of hydrogen-bond acceptors (Lipinski definition) is 4. The second-order valence-corrected chi connectivity index (χ2v) is 8.84. The molecule has 1 aliphatic rings. The Balaban J connectivity index is 1.71. The summed E-state index contributed by atoms with van der Waals surface area (Å²) in [6, 6.07) is 10.0. The Labute approximate surface area is 168 Å². The van der Waals surface area contributed by atoms with Gasteiger partial charge in [-0.15, -0.1) is 0 Å². The number of benzene rings is 2. The van der Waals surface area contributed by atoms with E-state index >= 15 is 0 Å². The number of amides is 1. The van der Waals surface area contributed by atoms with Gasteiger partial charge in [-0.2, -0.15) is 4.31 Å². The molecule has 150 valence electrons. The number of sulfonamides is 1. The first-order valence-electron chi connectivity index (χ1n) is 8.71. The van der Waals surface area contributed by atoms with Gasteiger partial charge in [0.05, 0.1) is 22.9 Å². The van der Waals surface area contributed by atoms with Crippen molar-refractivity contribution >= 4 is 33.2 Å². The predicted octanol–water partition coefficient (Wildman–Crippen LogP) is 3.53. The largest absolute Gasteiger partial charge is 0.497 e. The zero-order valence-corrected chi connectivity index (χ0v) is 16.8. The van der Waals surface area contributed by atoms with Gasteiger partial charge in [0.25, 0.3) is 0 Å². The molecule has 0 radical (unpaired) electrons. The number of nitrogens with zero attached hydrogens (tertiary/aromatic N) is 1. The van der Waals surface area contributed by atoms with Gasteiger partial charge in [-0.3, -0.25) is 4.79 Å². The predicted molar refractivity (Wildman–Crippen MR) is 105 cm³/mol. The summed E-state index contributed by atoms with van der Waals surface area (Å²) in [4.78, 5) is 12.7. The van der Waals surface area contributed by atoms with Crippen LogP contribution in [-0.2, 0) is 14.8 Å². The summed E-state index contributed by atoms with van der Waals surface area (Å²) in [6.07, 6.45) is 1.13. The number of hydrogen-bond donors (Lipinski definition) is 1. The normalized spacial score (nSPS) is 17.9. The Hall–Kier alpha value is -2.16. The Morgan fingerprint density at radius 3 is 2.61 bits per heavy atom. The van der Waals surface area contributed by atoms with Crippen LogP contribution in [0.25, 0.3) is 0 Å². The van der Waals surface area contributed by atoms with Gasteiger partial charge in [0.15, 0.2) is 0 Å². The highest BCUT2D eigenvalue weighted by Crippen LogP contribution is 2.26. The van der Waals surface area contributed by atoms with E-state index < -0.39 is 21.8 Å². The molecule has 0 aliphatic carbocycles. The van der Waals surface area contributed by atoms with Gasteiger partial charge >= 0.3 is 0 Å². The smallest absolute Gasteiger partial charge is 0.243 e. The van der Waals surface area contributed by atoms with E-state index in [0.717, 1.165) is 0 Å². The van der Waals surface area contributed by atoms with E-state index in [1.165, 1.54) is 41.7 Å². The summed E-state index contributed by atoms with van der Waals surface area (Å²) in [7, 11) is -2.21. The maximum absolute atomic E-state index is 13.3. The summed E-state index contributed by atoms with van der Waals surface area (Å²) >= 11 is 5.73. The van der Waals surface area contributed by atoms with Gasteiger partial charge in [-0.1, -0.05) is 11.6 Å². The Morgan fingerprint density at radius 2 is 1.96 bits per heavy atom.